The largest absolute Gasteiger partial charge is 0.458 e. The summed E-state index contributed by atoms with van der Waals surface area (Å²) in [5.41, 5.74) is 0. The van der Waals surface area contributed by atoms with Gasteiger partial charge in [0.15, 0.2) is 0 Å². The van der Waals surface area contributed by atoms with Crippen molar-refractivity contribution in [3.8, 4) is 0 Å². The molecule has 0 aliphatic carbocycles. The molecule has 0 aromatic carbocycles. The van der Waals surface area contributed by atoms with Crippen LogP contribution in [0.3, 0.4) is 0 Å². The molecule has 0 spiro atoms. The molecular formula is C7H9NO3. The van der Waals surface area contributed by atoms with Crippen molar-refractivity contribution in [3.63, 3.8) is 0 Å². The lowest BCUT2D eigenvalue weighted by Gasteiger charge is -1.85. The number of hydrogen-bond donors (Lipinski definition) is 1. The average Bonchev–Trinajstić information content (AvgIpc) is 2.48. The van der Waals surface area contributed by atoms with E-state index >= 15 is 0 Å². The van der Waals surface area contributed by atoms with E-state index in [0.717, 1.165) is 0 Å². The first-order chi connectivity index (χ1) is 5.36. The summed E-state index contributed by atoms with van der Waals surface area (Å²) in [6, 6.07) is 3.38. The van der Waals surface area contributed by atoms with Crippen molar-refractivity contribution in [1.82, 2.24) is 0 Å². The molecule has 60 valence electrons. The van der Waals surface area contributed by atoms with E-state index in [1.54, 1.807) is 12.1 Å². The monoisotopic (exact) mass is 155 g/mol. The normalized spacial score (nSPS) is 10.7. The lowest BCUT2D eigenvalue weighted by Crippen LogP contribution is -1.77. The van der Waals surface area contributed by atoms with E-state index in [9.17, 15) is 0 Å². The van der Waals surface area contributed by atoms with E-state index in [0.29, 0.717) is 11.5 Å². The zero-order valence-electron chi connectivity index (χ0n) is 6.15. The molecule has 0 saturated carbocycles. The van der Waals surface area contributed by atoms with Gasteiger partial charge in [-0.1, -0.05) is 5.16 Å². The van der Waals surface area contributed by atoms with Gasteiger partial charge in [0, 0.05) is 0 Å². The minimum Gasteiger partial charge on any atom is -0.458 e. The summed E-state index contributed by atoms with van der Waals surface area (Å²) in [6.45, 7) is -0.0964. The first-order valence-electron chi connectivity index (χ1n) is 3.13. The fourth-order valence-corrected chi connectivity index (χ4v) is 0.654. The van der Waals surface area contributed by atoms with Crippen molar-refractivity contribution in [2.75, 3.05) is 7.11 Å². The lowest BCUT2D eigenvalue weighted by atomic mass is 10.4. The predicted molar refractivity (Wildman–Crippen MR) is 39.2 cm³/mol. The van der Waals surface area contributed by atoms with Gasteiger partial charge in [-0.05, 0) is 12.1 Å². The van der Waals surface area contributed by atoms with Crippen LogP contribution in [0.5, 0.6) is 0 Å². The molecule has 0 unspecified atom stereocenters. The third-order valence-corrected chi connectivity index (χ3v) is 1.12. The molecule has 11 heavy (non-hydrogen) atoms. The van der Waals surface area contributed by atoms with E-state index in [4.69, 9.17) is 9.52 Å². The third kappa shape index (κ3) is 2.09. The molecule has 1 rings (SSSR count). The summed E-state index contributed by atoms with van der Waals surface area (Å²) in [5.74, 6) is 1.08. The van der Waals surface area contributed by atoms with Gasteiger partial charge in [-0.3, -0.25) is 0 Å². The standard InChI is InChI=1S/C7H9NO3/c1-10-8-4-6-2-3-7(5-9)11-6/h2-4,9H,5H2,1H3/b8-4+. The molecule has 0 aliphatic heterocycles. The minimum atomic E-state index is -0.0964. The molecule has 0 aliphatic rings. The predicted octanol–water partition coefficient (Wildman–Crippen LogP) is 0.752. The van der Waals surface area contributed by atoms with Crippen LogP contribution >= 0.6 is 0 Å². The summed E-state index contributed by atoms with van der Waals surface area (Å²) >= 11 is 0. The van der Waals surface area contributed by atoms with E-state index in [1.165, 1.54) is 13.3 Å². The molecular weight excluding hydrogens is 146 g/mol. The van der Waals surface area contributed by atoms with Gasteiger partial charge in [-0.15, -0.1) is 0 Å². The van der Waals surface area contributed by atoms with Gasteiger partial charge in [0.2, 0.25) is 0 Å². The van der Waals surface area contributed by atoms with E-state index in [2.05, 4.69) is 9.99 Å². The Morgan fingerprint density at radius 2 is 2.55 bits per heavy atom. The highest BCUT2D eigenvalue weighted by molar-refractivity contribution is 5.75. The van der Waals surface area contributed by atoms with Crippen LogP contribution in [0, 0.1) is 0 Å². The fourth-order valence-electron chi connectivity index (χ4n) is 0.654. The Morgan fingerprint density at radius 1 is 1.73 bits per heavy atom. The number of hydrogen-bond acceptors (Lipinski definition) is 4. The van der Waals surface area contributed by atoms with Crippen LogP contribution in [0.4, 0.5) is 0 Å². The van der Waals surface area contributed by atoms with Gasteiger partial charge in [-0.25, -0.2) is 0 Å². The molecule has 0 atom stereocenters. The zero-order valence-corrected chi connectivity index (χ0v) is 6.15. The maximum Gasteiger partial charge on any atom is 0.148 e. The first-order valence-corrected chi connectivity index (χ1v) is 3.13. The highest BCUT2D eigenvalue weighted by Gasteiger charge is 1.96. The number of nitrogens with zero attached hydrogens (tertiary/aromatic N) is 1. The molecule has 0 bridgehead atoms. The van der Waals surface area contributed by atoms with Crippen LogP contribution in [0.2, 0.25) is 0 Å². The number of aliphatic hydroxyl groups excluding tert-OH is 1. The van der Waals surface area contributed by atoms with Gasteiger partial charge in [0.1, 0.15) is 31.5 Å². The summed E-state index contributed by atoms with van der Waals surface area (Å²) in [4.78, 5) is 4.44. The summed E-state index contributed by atoms with van der Waals surface area (Å²) in [6.07, 6.45) is 1.43. The fraction of sp³-hybridized carbons (Fsp3) is 0.286. The second-order valence-electron chi connectivity index (χ2n) is 1.88. The zero-order chi connectivity index (χ0) is 8.10. The van der Waals surface area contributed by atoms with Gasteiger partial charge in [-0.2, -0.15) is 0 Å². The summed E-state index contributed by atoms with van der Waals surface area (Å²) < 4.78 is 5.06. The molecule has 0 radical (unpaired) electrons. The van der Waals surface area contributed by atoms with Gasteiger partial charge >= 0.3 is 0 Å². The number of rotatable bonds is 3. The van der Waals surface area contributed by atoms with Crippen LogP contribution in [0.15, 0.2) is 21.7 Å². The van der Waals surface area contributed by atoms with Crippen LogP contribution in [0.25, 0.3) is 0 Å². The van der Waals surface area contributed by atoms with Crippen molar-refractivity contribution < 1.29 is 14.4 Å². The minimum absolute atomic E-state index is 0.0964. The van der Waals surface area contributed by atoms with Crippen LogP contribution in [-0.4, -0.2) is 18.4 Å². The Bertz CT molecular complexity index is 242. The topological polar surface area (TPSA) is 55.0 Å². The van der Waals surface area contributed by atoms with E-state index in [1.807, 2.05) is 0 Å². The highest BCUT2D eigenvalue weighted by Crippen LogP contribution is 2.04. The Morgan fingerprint density at radius 3 is 3.09 bits per heavy atom. The molecule has 1 aromatic rings. The van der Waals surface area contributed by atoms with Crippen molar-refractivity contribution >= 4 is 6.21 Å². The number of furan rings is 1. The Hall–Kier alpha value is -1.29. The number of aliphatic hydroxyl groups is 1. The lowest BCUT2D eigenvalue weighted by molar-refractivity contribution is 0.214. The summed E-state index contributed by atoms with van der Waals surface area (Å²) in [7, 11) is 1.45. The first kappa shape index (κ1) is 7.81. The molecule has 1 N–H and O–H groups in total. The molecule has 4 heteroatoms. The van der Waals surface area contributed by atoms with Gasteiger partial charge < -0.3 is 14.4 Å². The van der Waals surface area contributed by atoms with Crippen LogP contribution in [0.1, 0.15) is 11.5 Å². The molecule has 0 fully saturated rings. The molecule has 1 aromatic heterocycles. The summed E-state index contributed by atoms with van der Waals surface area (Å²) in [5, 5.41) is 12.1. The third-order valence-electron chi connectivity index (χ3n) is 1.12. The Balaban J connectivity index is 2.65. The van der Waals surface area contributed by atoms with Crippen LogP contribution < -0.4 is 0 Å². The second-order valence-corrected chi connectivity index (χ2v) is 1.88. The molecule has 0 saturated heterocycles. The maximum absolute atomic E-state index is 8.61. The quantitative estimate of drug-likeness (QED) is 0.517. The van der Waals surface area contributed by atoms with Gasteiger partial charge in [0.05, 0.1) is 0 Å². The molecule has 0 amide bonds. The van der Waals surface area contributed by atoms with Crippen molar-refractivity contribution in [3.05, 3.63) is 23.7 Å². The Kier molecular flexibility index (Phi) is 2.68. The van der Waals surface area contributed by atoms with Crippen molar-refractivity contribution in [2.24, 2.45) is 5.16 Å². The van der Waals surface area contributed by atoms with E-state index in [-0.39, 0.29) is 6.61 Å². The second kappa shape index (κ2) is 3.78. The van der Waals surface area contributed by atoms with Crippen LogP contribution in [-0.2, 0) is 11.4 Å². The van der Waals surface area contributed by atoms with E-state index < -0.39 is 0 Å². The van der Waals surface area contributed by atoms with Gasteiger partial charge in [0.25, 0.3) is 0 Å². The van der Waals surface area contributed by atoms with Crippen molar-refractivity contribution in [1.29, 1.82) is 0 Å². The van der Waals surface area contributed by atoms with Crippen molar-refractivity contribution in [2.45, 2.75) is 6.61 Å². The number of oxime groups is 1. The average molecular weight is 155 g/mol. The SMILES string of the molecule is CO/N=C/c1ccc(CO)o1. The highest BCUT2D eigenvalue weighted by atomic mass is 16.6. The smallest absolute Gasteiger partial charge is 0.148 e. The maximum atomic E-state index is 8.61. The molecule has 1 heterocycles. The Labute approximate surface area is 64.1 Å². The molecule has 4 nitrogen and oxygen atoms in total.